The number of piperidine rings is 1. The van der Waals surface area contributed by atoms with E-state index in [9.17, 15) is 9.59 Å². The minimum Gasteiger partial charge on any atom is -0.352 e. The second-order valence-electron chi connectivity index (χ2n) is 5.45. The molecule has 0 spiro atoms. The molecule has 0 saturated carbocycles. The van der Waals surface area contributed by atoms with Gasteiger partial charge in [-0.3, -0.25) is 4.79 Å². The first kappa shape index (κ1) is 13.9. The number of nitrogens with two attached hydrogens (primary N) is 1. The molecule has 2 aliphatic rings. The van der Waals surface area contributed by atoms with Crippen molar-refractivity contribution >= 4 is 11.9 Å². The van der Waals surface area contributed by atoms with Gasteiger partial charge in [-0.2, -0.15) is 0 Å². The first-order valence-electron chi connectivity index (χ1n) is 7.17. The average molecular weight is 265 g/mol. The monoisotopic (exact) mass is 265 g/mol. The molecule has 5 heteroatoms. The van der Waals surface area contributed by atoms with Gasteiger partial charge in [-0.15, -0.1) is 0 Å². The van der Waals surface area contributed by atoms with Crippen LogP contribution in [0.15, 0.2) is 11.6 Å². The quantitative estimate of drug-likeness (QED) is 0.757. The second kappa shape index (κ2) is 6.59. The Morgan fingerprint density at radius 2 is 2.21 bits per heavy atom. The molecule has 0 aromatic carbocycles. The van der Waals surface area contributed by atoms with Gasteiger partial charge < -0.3 is 16.0 Å². The minimum absolute atomic E-state index is 0.0532. The van der Waals surface area contributed by atoms with Crippen molar-refractivity contribution < 1.29 is 9.59 Å². The van der Waals surface area contributed by atoms with Gasteiger partial charge in [0.2, 0.25) is 5.91 Å². The zero-order valence-corrected chi connectivity index (χ0v) is 11.4. The summed E-state index contributed by atoms with van der Waals surface area (Å²) in [6.07, 6.45) is 8.63. The number of hydrogen-bond donors (Lipinski definition) is 2. The van der Waals surface area contributed by atoms with Crippen LogP contribution in [0.1, 0.15) is 38.5 Å². The van der Waals surface area contributed by atoms with Gasteiger partial charge in [-0.05, 0) is 38.5 Å². The molecular formula is C14H23N3O2. The number of nitrogens with zero attached hydrogens (tertiary/aromatic N) is 1. The van der Waals surface area contributed by atoms with Crippen molar-refractivity contribution in [2.24, 2.45) is 11.7 Å². The van der Waals surface area contributed by atoms with E-state index in [1.807, 2.05) is 0 Å². The highest BCUT2D eigenvalue weighted by atomic mass is 16.2. The highest BCUT2D eigenvalue weighted by molar-refractivity contribution is 5.80. The standard InChI is InChI=1S/C14H23N3O2/c15-14(19)17-8-4-7-12(10-17)13(18)16-9-11-5-2-1-3-6-11/h5,12H,1-4,6-10H2,(H2,15,19)(H,16,18). The van der Waals surface area contributed by atoms with Crippen molar-refractivity contribution in [3.63, 3.8) is 0 Å². The molecule has 1 aliphatic heterocycles. The van der Waals surface area contributed by atoms with Crippen molar-refractivity contribution in [3.05, 3.63) is 11.6 Å². The zero-order chi connectivity index (χ0) is 13.7. The molecule has 1 fully saturated rings. The Kier molecular flexibility index (Phi) is 4.82. The van der Waals surface area contributed by atoms with Gasteiger partial charge in [0.05, 0.1) is 5.92 Å². The van der Waals surface area contributed by atoms with Crippen molar-refractivity contribution in [1.29, 1.82) is 0 Å². The molecule has 0 aromatic heterocycles. The average Bonchev–Trinajstić information content (AvgIpc) is 2.46. The van der Waals surface area contributed by atoms with Gasteiger partial charge in [-0.1, -0.05) is 11.6 Å². The van der Waals surface area contributed by atoms with Crippen molar-refractivity contribution in [2.75, 3.05) is 19.6 Å². The SMILES string of the molecule is NC(=O)N1CCCC(C(=O)NCC2=CCCCC2)C1. The summed E-state index contributed by atoms with van der Waals surface area (Å²) in [7, 11) is 0. The van der Waals surface area contributed by atoms with E-state index in [4.69, 9.17) is 5.73 Å². The summed E-state index contributed by atoms with van der Waals surface area (Å²) < 4.78 is 0. The fourth-order valence-electron chi connectivity index (χ4n) is 2.80. The van der Waals surface area contributed by atoms with E-state index in [1.54, 1.807) is 4.90 Å². The number of amides is 3. The van der Waals surface area contributed by atoms with Crippen LogP contribution in [0.25, 0.3) is 0 Å². The molecule has 19 heavy (non-hydrogen) atoms. The molecule has 1 saturated heterocycles. The third-order valence-corrected chi connectivity index (χ3v) is 3.98. The van der Waals surface area contributed by atoms with Crippen molar-refractivity contribution in [2.45, 2.75) is 38.5 Å². The Hall–Kier alpha value is -1.52. The van der Waals surface area contributed by atoms with Gasteiger partial charge in [0.25, 0.3) is 0 Å². The Morgan fingerprint density at radius 3 is 2.89 bits per heavy atom. The number of rotatable bonds is 3. The molecule has 3 amide bonds. The van der Waals surface area contributed by atoms with E-state index in [2.05, 4.69) is 11.4 Å². The molecule has 0 bridgehead atoms. The van der Waals surface area contributed by atoms with Gasteiger partial charge in [0.15, 0.2) is 0 Å². The molecule has 0 radical (unpaired) electrons. The van der Waals surface area contributed by atoms with Crippen molar-refractivity contribution in [3.8, 4) is 0 Å². The molecule has 0 aromatic rings. The van der Waals surface area contributed by atoms with Crippen LogP contribution in [0.4, 0.5) is 4.79 Å². The van der Waals surface area contributed by atoms with E-state index < -0.39 is 6.03 Å². The maximum Gasteiger partial charge on any atom is 0.314 e. The summed E-state index contributed by atoms with van der Waals surface area (Å²) in [5.41, 5.74) is 6.60. The first-order chi connectivity index (χ1) is 9.16. The molecule has 1 unspecified atom stereocenters. The number of hydrogen-bond acceptors (Lipinski definition) is 2. The smallest absolute Gasteiger partial charge is 0.314 e. The molecule has 2 rings (SSSR count). The Morgan fingerprint density at radius 1 is 1.37 bits per heavy atom. The topological polar surface area (TPSA) is 75.4 Å². The van der Waals surface area contributed by atoms with Gasteiger partial charge in [0.1, 0.15) is 0 Å². The van der Waals surface area contributed by atoms with Crippen LogP contribution in [0, 0.1) is 5.92 Å². The number of urea groups is 1. The summed E-state index contributed by atoms with van der Waals surface area (Å²) in [5, 5.41) is 3.00. The number of primary amides is 1. The Balaban J connectivity index is 1.79. The molecule has 106 valence electrons. The lowest BCUT2D eigenvalue weighted by molar-refractivity contribution is -0.126. The summed E-state index contributed by atoms with van der Waals surface area (Å²) in [6.45, 7) is 1.79. The predicted molar refractivity (Wildman–Crippen MR) is 73.4 cm³/mol. The molecule has 1 atom stereocenters. The Labute approximate surface area is 114 Å². The van der Waals surface area contributed by atoms with Crippen LogP contribution in [-0.4, -0.2) is 36.5 Å². The summed E-state index contributed by atoms with van der Waals surface area (Å²) in [4.78, 5) is 24.8. The fraction of sp³-hybridized carbons (Fsp3) is 0.714. The van der Waals surface area contributed by atoms with Crippen molar-refractivity contribution in [1.82, 2.24) is 10.2 Å². The molecule has 1 heterocycles. The van der Waals surface area contributed by atoms with E-state index in [1.165, 1.54) is 18.4 Å². The normalized spacial score (nSPS) is 23.7. The van der Waals surface area contributed by atoms with Crippen LogP contribution in [0.3, 0.4) is 0 Å². The third-order valence-electron chi connectivity index (χ3n) is 3.98. The molecule has 5 nitrogen and oxygen atoms in total. The maximum absolute atomic E-state index is 12.1. The van der Waals surface area contributed by atoms with Crippen LogP contribution >= 0.6 is 0 Å². The van der Waals surface area contributed by atoms with Crippen LogP contribution in [0.5, 0.6) is 0 Å². The Bertz CT molecular complexity index is 379. The highest BCUT2D eigenvalue weighted by Gasteiger charge is 2.27. The van der Waals surface area contributed by atoms with Crippen LogP contribution in [0.2, 0.25) is 0 Å². The third kappa shape index (κ3) is 3.98. The van der Waals surface area contributed by atoms with E-state index in [0.717, 1.165) is 25.7 Å². The number of likely N-dealkylation sites (tertiary alicyclic amines) is 1. The van der Waals surface area contributed by atoms with E-state index in [0.29, 0.717) is 19.6 Å². The summed E-state index contributed by atoms with van der Waals surface area (Å²) >= 11 is 0. The molecule has 3 N–H and O–H groups in total. The summed E-state index contributed by atoms with van der Waals surface area (Å²) in [5.74, 6) is -0.0529. The van der Waals surface area contributed by atoms with Crippen LogP contribution in [-0.2, 0) is 4.79 Å². The number of carbonyl (C=O) groups excluding carboxylic acids is 2. The van der Waals surface area contributed by atoms with Crippen LogP contribution < -0.4 is 11.1 Å². The highest BCUT2D eigenvalue weighted by Crippen LogP contribution is 2.18. The maximum atomic E-state index is 12.1. The van der Waals surface area contributed by atoms with E-state index >= 15 is 0 Å². The fourth-order valence-corrected chi connectivity index (χ4v) is 2.80. The van der Waals surface area contributed by atoms with Gasteiger partial charge in [0, 0.05) is 19.6 Å². The number of carbonyl (C=O) groups is 2. The zero-order valence-electron chi connectivity index (χ0n) is 11.4. The molecule has 1 aliphatic carbocycles. The number of allylic oxidation sites excluding steroid dienone is 1. The first-order valence-corrected chi connectivity index (χ1v) is 7.17. The van der Waals surface area contributed by atoms with Gasteiger partial charge in [-0.25, -0.2) is 4.79 Å². The lowest BCUT2D eigenvalue weighted by Gasteiger charge is -2.30. The largest absolute Gasteiger partial charge is 0.352 e. The lowest BCUT2D eigenvalue weighted by Crippen LogP contribution is -2.47. The molecular weight excluding hydrogens is 242 g/mol. The number of nitrogens with one attached hydrogen (secondary N) is 1. The van der Waals surface area contributed by atoms with E-state index in [-0.39, 0.29) is 11.8 Å². The second-order valence-corrected chi connectivity index (χ2v) is 5.45. The predicted octanol–water partition coefficient (Wildman–Crippen LogP) is 1.39. The lowest BCUT2D eigenvalue weighted by atomic mass is 9.96. The van der Waals surface area contributed by atoms with Gasteiger partial charge >= 0.3 is 6.03 Å². The summed E-state index contributed by atoms with van der Waals surface area (Å²) in [6, 6.07) is -0.424. The minimum atomic E-state index is -0.424.